The van der Waals surface area contributed by atoms with Crippen LogP contribution in [0.25, 0.3) is 0 Å². The number of aliphatic hydroxyl groups excluding tert-OH is 1. The SMILES string of the molecule is CC(=O)NC(C)C(O)CC(N)=O. The number of carbonyl (C=O) groups excluding carboxylic acids is 2. The molecule has 12 heavy (non-hydrogen) atoms. The molecular formula is C7H14N2O3. The Morgan fingerprint density at radius 3 is 2.42 bits per heavy atom. The average molecular weight is 174 g/mol. The molecule has 0 heterocycles. The number of primary amides is 1. The molecule has 0 rings (SSSR count). The van der Waals surface area contributed by atoms with Crippen molar-refractivity contribution in [3.05, 3.63) is 0 Å². The molecule has 0 radical (unpaired) electrons. The quantitative estimate of drug-likeness (QED) is 0.497. The van der Waals surface area contributed by atoms with E-state index in [0.29, 0.717) is 0 Å². The Morgan fingerprint density at radius 2 is 2.08 bits per heavy atom. The Hall–Kier alpha value is -1.10. The second-order valence-electron chi connectivity index (χ2n) is 2.73. The molecule has 0 saturated heterocycles. The molecule has 0 spiro atoms. The summed E-state index contributed by atoms with van der Waals surface area (Å²) in [5.74, 6) is -0.828. The van der Waals surface area contributed by atoms with E-state index < -0.39 is 18.1 Å². The summed E-state index contributed by atoms with van der Waals surface area (Å²) in [4.78, 5) is 20.9. The van der Waals surface area contributed by atoms with Crippen LogP contribution in [0.4, 0.5) is 0 Å². The maximum atomic E-state index is 10.5. The van der Waals surface area contributed by atoms with Gasteiger partial charge in [-0.3, -0.25) is 9.59 Å². The zero-order valence-electron chi connectivity index (χ0n) is 7.20. The number of carbonyl (C=O) groups is 2. The fourth-order valence-corrected chi connectivity index (χ4v) is 0.800. The lowest BCUT2D eigenvalue weighted by Gasteiger charge is -2.17. The van der Waals surface area contributed by atoms with E-state index in [1.54, 1.807) is 6.92 Å². The van der Waals surface area contributed by atoms with Crippen molar-refractivity contribution in [2.75, 3.05) is 0 Å². The Kier molecular flexibility index (Phi) is 4.28. The Labute approximate surface area is 70.9 Å². The van der Waals surface area contributed by atoms with Crippen LogP contribution in [0, 0.1) is 0 Å². The van der Waals surface area contributed by atoms with Gasteiger partial charge in [0, 0.05) is 6.92 Å². The predicted octanol–water partition coefficient (Wildman–Crippen LogP) is -1.25. The van der Waals surface area contributed by atoms with Crippen LogP contribution in [0.3, 0.4) is 0 Å². The van der Waals surface area contributed by atoms with Crippen molar-refractivity contribution in [1.29, 1.82) is 0 Å². The first-order valence-corrected chi connectivity index (χ1v) is 3.67. The summed E-state index contributed by atoms with van der Waals surface area (Å²) in [6.45, 7) is 2.95. The molecule has 2 unspecified atom stereocenters. The Balaban J connectivity index is 3.83. The lowest BCUT2D eigenvalue weighted by Crippen LogP contribution is -2.41. The molecule has 4 N–H and O–H groups in total. The van der Waals surface area contributed by atoms with E-state index in [2.05, 4.69) is 5.32 Å². The van der Waals surface area contributed by atoms with Gasteiger partial charge in [0.2, 0.25) is 11.8 Å². The molecule has 0 saturated carbocycles. The molecule has 0 fully saturated rings. The van der Waals surface area contributed by atoms with Crippen molar-refractivity contribution in [2.24, 2.45) is 5.73 Å². The summed E-state index contributed by atoms with van der Waals surface area (Å²) in [6, 6.07) is -0.449. The summed E-state index contributed by atoms with van der Waals surface area (Å²) in [6.07, 6.45) is -1.05. The van der Waals surface area contributed by atoms with Crippen LogP contribution in [0.2, 0.25) is 0 Å². The van der Waals surface area contributed by atoms with Gasteiger partial charge in [0.1, 0.15) is 0 Å². The molecular weight excluding hydrogens is 160 g/mol. The lowest BCUT2D eigenvalue weighted by atomic mass is 10.1. The molecule has 0 aliphatic heterocycles. The first-order chi connectivity index (χ1) is 5.43. The number of amides is 2. The molecule has 5 heteroatoms. The monoisotopic (exact) mass is 174 g/mol. The predicted molar refractivity (Wildman–Crippen MR) is 43.1 cm³/mol. The van der Waals surface area contributed by atoms with Gasteiger partial charge in [0.15, 0.2) is 0 Å². The van der Waals surface area contributed by atoms with Gasteiger partial charge in [-0.15, -0.1) is 0 Å². The van der Waals surface area contributed by atoms with E-state index in [4.69, 9.17) is 5.73 Å². The van der Waals surface area contributed by atoms with Gasteiger partial charge in [-0.2, -0.15) is 0 Å². The minimum Gasteiger partial charge on any atom is -0.390 e. The van der Waals surface area contributed by atoms with Crippen LogP contribution in [0.5, 0.6) is 0 Å². The highest BCUT2D eigenvalue weighted by Crippen LogP contribution is 1.97. The largest absolute Gasteiger partial charge is 0.390 e. The zero-order chi connectivity index (χ0) is 9.72. The smallest absolute Gasteiger partial charge is 0.220 e. The third-order valence-corrected chi connectivity index (χ3v) is 1.42. The molecule has 70 valence electrons. The van der Waals surface area contributed by atoms with E-state index in [1.165, 1.54) is 6.92 Å². The van der Waals surface area contributed by atoms with Gasteiger partial charge in [0.05, 0.1) is 18.6 Å². The summed E-state index contributed by atoms with van der Waals surface area (Å²) < 4.78 is 0. The van der Waals surface area contributed by atoms with Gasteiger partial charge in [-0.05, 0) is 6.92 Å². The molecule has 0 aromatic carbocycles. The highest BCUT2D eigenvalue weighted by molar-refractivity contribution is 5.75. The second-order valence-corrected chi connectivity index (χ2v) is 2.73. The second kappa shape index (κ2) is 4.71. The summed E-state index contributed by atoms with van der Waals surface area (Å²) >= 11 is 0. The fraction of sp³-hybridized carbons (Fsp3) is 0.714. The highest BCUT2D eigenvalue weighted by atomic mass is 16.3. The number of nitrogens with one attached hydrogen (secondary N) is 1. The number of hydrogen-bond acceptors (Lipinski definition) is 3. The van der Waals surface area contributed by atoms with Crippen molar-refractivity contribution in [1.82, 2.24) is 5.32 Å². The van der Waals surface area contributed by atoms with Crippen LogP contribution in [-0.2, 0) is 9.59 Å². The molecule has 0 bridgehead atoms. The minimum atomic E-state index is -0.911. The zero-order valence-corrected chi connectivity index (χ0v) is 7.20. The molecule has 2 atom stereocenters. The first-order valence-electron chi connectivity index (χ1n) is 3.67. The molecule has 0 aliphatic rings. The van der Waals surface area contributed by atoms with Gasteiger partial charge in [0.25, 0.3) is 0 Å². The number of aliphatic hydroxyl groups is 1. The van der Waals surface area contributed by atoms with E-state index >= 15 is 0 Å². The highest BCUT2D eigenvalue weighted by Gasteiger charge is 2.16. The Morgan fingerprint density at radius 1 is 1.58 bits per heavy atom. The van der Waals surface area contributed by atoms with Crippen LogP contribution in [-0.4, -0.2) is 29.1 Å². The van der Waals surface area contributed by atoms with E-state index in [9.17, 15) is 14.7 Å². The third kappa shape index (κ3) is 4.68. The van der Waals surface area contributed by atoms with Crippen LogP contribution >= 0.6 is 0 Å². The summed E-state index contributed by atoms with van der Waals surface area (Å²) in [5, 5.41) is 11.7. The van der Waals surface area contributed by atoms with Crippen molar-refractivity contribution >= 4 is 11.8 Å². The maximum Gasteiger partial charge on any atom is 0.220 e. The van der Waals surface area contributed by atoms with Gasteiger partial charge in [-0.1, -0.05) is 0 Å². The molecule has 0 aromatic heterocycles. The number of hydrogen-bond donors (Lipinski definition) is 3. The molecule has 2 amide bonds. The summed E-state index contributed by atoms with van der Waals surface area (Å²) in [5.41, 5.74) is 4.85. The third-order valence-electron chi connectivity index (χ3n) is 1.42. The van der Waals surface area contributed by atoms with E-state index in [-0.39, 0.29) is 12.3 Å². The normalized spacial score (nSPS) is 14.9. The molecule has 0 aromatic rings. The fourth-order valence-electron chi connectivity index (χ4n) is 0.800. The number of rotatable bonds is 4. The van der Waals surface area contributed by atoms with E-state index in [0.717, 1.165) is 0 Å². The van der Waals surface area contributed by atoms with Crippen LogP contribution in [0.15, 0.2) is 0 Å². The van der Waals surface area contributed by atoms with Crippen molar-refractivity contribution in [3.63, 3.8) is 0 Å². The first kappa shape index (κ1) is 10.9. The maximum absolute atomic E-state index is 10.5. The number of nitrogens with two attached hydrogens (primary N) is 1. The topological polar surface area (TPSA) is 92.4 Å². The van der Waals surface area contributed by atoms with Crippen LogP contribution in [0.1, 0.15) is 20.3 Å². The van der Waals surface area contributed by atoms with Crippen LogP contribution < -0.4 is 11.1 Å². The van der Waals surface area contributed by atoms with Crippen molar-refractivity contribution in [3.8, 4) is 0 Å². The standard InChI is InChI=1S/C7H14N2O3/c1-4(9-5(2)10)6(11)3-7(8)12/h4,6,11H,3H2,1-2H3,(H2,8,12)(H,9,10). The molecule has 0 aliphatic carbocycles. The minimum absolute atomic E-state index is 0.137. The van der Waals surface area contributed by atoms with E-state index in [1.807, 2.05) is 0 Å². The molecule has 5 nitrogen and oxygen atoms in total. The Bertz CT molecular complexity index is 161. The summed E-state index contributed by atoms with van der Waals surface area (Å²) in [7, 11) is 0. The van der Waals surface area contributed by atoms with Gasteiger partial charge < -0.3 is 16.2 Å². The van der Waals surface area contributed by atoms with Gasteiger partial charge >= 0.3 is 0 Å². The lowest BCUT2D eigenvalue weighted by molar-refractivity contribution is -0.123. The van der Waals surface area contributed by atoms with Gasteiger partial charge in [-0.25, -0.2) is 0 Å². The van der Waals surface area contributed by atoms with Crippen molar-refractivity contribution < 1.29 is 14.7 Å². The average Bonchev–Trinajstić information content (AvgIpc) is 1.84. The van der Waals surface area contributed by atoms with Crippen molar-refractivity contribution in [2.45, 2.75) is 32.4 Å².